The molecule has 2 bridgehead atoms. The Bertz CT molecular complexity index is 857. The highest BCUT2D eigenvalue weighted by Crippen LogP contribution is 2.80. The van der Waals surface area contributed by atoms with E-state index < -0.39 is 10.8 Å². The molecule has 0 N–H and O–H groups in total. The Balaban J connectivity index is 1.90. The Morgan fingerprint density at radius 3 is 2.07 bits per heavy atom. The monoisotopic (exact) mass is 414 g/mol. The normalized spacial score (nSPS) is 43.4. The summed E-state index contributed by atoms with van der Waals surface area (Å²) < 4.78 is 7.05. The lowest BCUT2D eigenvalue weighted by molar-refractivity contribution is -0.326. The second kappa shape index (κ2) is 5.81. The molecule has 30 heavy (non-hydrogen) atoms. The van der Waals surface area contributed by atoms with Crippen molar-refractivity contribution >= 4 is 11.6 Å². The van der Waals surface area contributed by atoms with Crippen molar-refractivity contribution in [1.82, 2.24) is 0 Å². The molecular formula is C27H42O3. The van der Waals surface area contributed by atoms with E-state index in [1.807, 2.05) is 27.7 Å². The third-order valence-electron chi connectivity index (χ3n) is 10.5. The molecule has 1 heterocycles. The topological polar surface area (TPSA) is 43.4 Å². The molecule has 0 aromatic carbocycles. The van der Waals surface area contributed by atoms with Crippen molar-refractivity contribution in [3.05, 3.63) is 11.3 Å². The van der Waals surface area contributed by atoms with E-state index >= 15 is 0 Å². The van der Waals surface area contributed by atoms with Crippen LogP contribution in [0.2, 0.25) is 0 Å². The van der Waals surface area contributed by atoms with Gasteiger partial charge in [-0.25, -0.2) is 0 Å². The van der Waals surface area contributed by atoms with Crippen molar-refractivity contribution in [2.24, 2.45) is 38.9 Å². The molecular weight excluding hydrogens is 372 g/mol. The maximum absolute atomic E-state index is 13.6. The first kappa shape index (κ1) is 22.1. The Labute approximate surface area is 183 Å². The quantitative estimate of drug-likeness (QED) is 0.484. The number of carbonyl (C=O) groups excluding carboxylic acids is 2. The number of fused-ring (bicyclic) bond motifs is 1. The van der Waals surface area contributed by atoms with Gasteiger partial charge in [-0.05, 0) is 82.5 Å². The van der Waals surface area contributed by atoms with Gasteiger partial charge in [-0.2, -0.15) is 0 Å². The molecule has 0 radical (unpaired) electrons. The van der Waals surface area contributed by atoms with Crippen molar-refractivity contribution < 1.29 is 14.3 Å². The summed E-state index contributed by atoms with van der Waals surface area (Å²) in [5, 5.41) is 0. The maximum Gasteiger partial charge on any atom is 0.175 e. The van der Waals surface area contributed by atoms with Crippen LogP contribution in [0.1, 0.15) is 101 Å². The molecule has 1 spiro atoms. The summed E-state index contributed by atoms with van der Waals surface area (Å²) in [5.41, 5.74) is -0.615. The molecule has 3 saturated carbocycles. The standard InChI is InChI=1S/C27H42O3/c1-16(2)13-17-14-27(12-11-25(9)15-26(27,10)24(25,7)8)30-20-18(17)19(28)22(3,4)21(29)23(20,5)6/h16-17H,11-15H2,1-10H3/t17-,25+,26-,27-/m1/s1. The SMILES string of the molecule is CC(C)C[C@@H]1C[C@@]2(CC[C@@]3(C)C[C@]2(C)C3(C)C)OC2=C1C(=O)C(C)(C)C(=O)C2(C)C. The zero-order valence-electron chi connectivity index (χ0n) is 20.9. The van der Waals surface area contributed by atoms with E-state index in [4.69, 9.17) is 4.74 Å². The van der Waals surface area contributed by atoms with Crippen LogP contribution in [0.25, 0.3) is 0 Å². The average Bonchev–Trinajstić information content (AvgIpc) is 2.62. The Morgan fingerprint density at radius 1 is 0.933 bits per heavy atom. The van der Waals surface area contributed by atoms with Gasteiger partial charge in [0.1, 0.15) is 11.4 Å². The molecule has 1 aliphatic heterocycles. The smallest absolute Gasteiger partial charge is 0.175 e. The summed E-state index contributed by atoms with van der Waals surface area (Å²) in [4.78, 5) is 27.1. The molecule has 0 unspecified atom stereocenters. The predicted molar refractivity (Wildman–Crippen MR) is 120 cm³/mol. The first-order valence-electron chi connectivity index (χ1n) is 12.0. The average molecular weight is 415 g/mol. The minimum atomic E-state index is -0.976. The molecule has 0 amide bonds. The fourth-order valence-corrected chi connectivity index (χ4v) is 7.98. The zero-order valence-corrected chi connectivity index (χ0v) is 20.9. The molecule has 0 aromatic heterocycles. The van der Waals surface area contributed by atoms with Gasteiger partial charge in [0.25, 0.3) is 0 Å². The Kier molecular flexibility index (Phi) is 4.28. The first-order valence-corrected chi connectivity index (χ1v) is 12.0. The highest BCUT2D eigenvalue weighted by Gasteiger charge is 2.77. The van der Waals surface area contributed by atoms with Crippen molar-refractivity contribution in [1.29, 1.82) is 0 Å². The van der Waals surface area contributed by atoms with E-state index in [9.17, 15) is 9.59 Å². The van der Waals surface area contributed by atoms with Crippen LogP contribution in [0, 0.1) is 38.9 Å². The first-order chi connectivity index (χ1) is 13.5. The van der Waals surface area contributed by atoms with Crippen LogP contribution in [-0.2, 0) is 14.3 Å². The van der Waals surface area contributed by atoms with E-state index in [1.165, 1.54) is 0 Å². The number of carbonyl (C=O) groups is 2. The fourth-order valence-electron chi connectivity index (χ4n) is 7.98. The second-order valence-corrected chi connectivity index (χ2v) is 13.5. The summed E-state index contributed by atoms with van der Waals surface area (Å²) >= 11 is 0. The maximum atomic E-state index is 13.6. The number of allylic oxidation sites excluding steroid dienone is 2. The molecule has 3 heteroatoms. The zero-order chi connectivity index (χ0) is 22.7. The number of ketones is 2. The van der Waals surface area contributed by atoms with Crippen LogP contribution in [0.3, 0.4) is 0 Å². The predicted octanol–water partition coefficient (Wildman–Crippen LogP) is 6.50. The van der Waals surface area contributed by atoms with Gasteiger partial charge in [-0.3, -0.25) is 9.59 Å². The van der Waals surface area contributed by atoms with Crippen LogP contribution in [-0.4, -0.2) is 17.2 Å². The lowest BCUT2D eigenvalue weighted by atomic mass is 9.29. The minimum Gasteiger partial charge on any atom is -0.490 e. The van der Waals surface area contributed by atoms with E-state index in [1.54, 1.807) is 0 Å². The number of rotatable bonds is 2. The van der Waals surface area contributed by atoms with E-state index in [2.05, 4.69) is 41.5 Å². The van der Waals surface area contributed by atoms with Gasteiger partial charge in [-0.15, -0.1) is 0 Å². The summed E-state index contributed by atoms with van der Waals surface area (Å²) in [7, 11) is 0. The molecule has 4 aliphatic carbocycles. The van der Waals surface area contributed by atoms with Gasteiger partial charge in [0.05, 0.1) is 10.8 Å². The molecule has 3 fully saturated rings. The van der Waals surface area contributed by atoms with Crippen LogP contribution in [0.5, 0.6) is 0 Å². The molecule has 0 saturated heterocycles. The van der Waals surface area contributed by atoms with Gasteiger partial charge in [0, 0.05) is 11.0 Å². The molecule has 168 valence electrons. The number of hydrogen-bond acceptors (Lipinski definition) is 3. The minimum absolute atomic E-state index is 0.000922. The summed E-state index contributed by atoms with van der Waals surface area (Å²) in [5.74, 6) is 1.37. The number of ether oxygens (including phenoxy) is 1. The van der Waals surface area contributed by atoms with Crippen LogP contribution >= 0.6 is 0 Å². The third kappa shape index (κ3) is 2.28. The Morgan fingerprint density at radius 2 is 1.53 bits per heavy atom. The molecule has 5 rings (SSSR count). The van der Waals surface area contributed by atoms with Crippen molar-refractivity contribution in [3.8, 4) is 0 Å². The second-order valence-electron chi connectivity index (χ2n) is 13.5. The Hall–Kier alpha value is -1.12. The van der Waals surface area contributed by atoms with E-state index in [0.29, 0.717) is 17.1 Å². The van der Waals surface area contributed by atoms with E-state index in [0.717, 1.165) is 37.7 Å². The summed E-state index contributed by atoms with van der Waals surface area (Å²) in [6.45, 7) is 21.7. The van der Waals surface area contributed by atoms with Crippen molar-refractivity contribution in [3.63, 3.8) is 0 Å². The molecule has 3 nitrogen and oxygen atoms in total. The van der Waals surface area contributed by atoms with Crippen LogP contribution in [0.4, 0.5) is 0 Å². The van der Waals surface area contributed by atoms with Gasteiger partial charge in [0.2, 0.25) is 0 Å². The lowest BCUT2D eigenvalue weighted by Crippen LogP contribution is -2.75. The van der Waals surface area contributed by atoms with Gasteiger partial charge < -0.3 is 4.74 Å². The van der Waals surface area contributed by atoms with Crippen molar-refractivity contribution in [2.75, 3.05) is 0 Å². The summed E-state index contributed by atoms with van der Waals surface area (Å²) in [6, 6.07) is 0. The van der Waals surface area contributed by atoms with Gasteiger partial charge >= 0.3 is 0 Å². The number of hydrogen-bond donors (Lipinski definition) is 0. The highest BCUT2D eigenvalue weighted by molar-refractivity contribution is 6.19. The highest BCUT2D eigenvalue weighted by atomic mass is 16.5. The van der Waals surface area contributed by atoms with E-state index in [-0.39, 0.29) is 33.9 Å². The van der Waals surface area contributed by atoms with Crippen LogP contribution in [0.15, 0.2) is 11.3 Å². The molecule has 5 aliphatic rings. The summed E-state index contributed by atoms with van der Waals surface area (Å²) in [6.07, 6.45) is 5.23. The lowest BCUT2D eigenvalue weighted by Gasteiger charge is -2.78. The van der Waals surface area contributed by atoms with Crippen molar-refractivity contribution in [2.45, 2.75) is 107 Å². The molecule has 0 aromatic rings. The number of Topliss-reactive ketones (excluding diaryl/α,β-unsaturated/α-hetero) is 2. The molecule has 4 atom stereocenters. The van der Waals surface area contributed by atoms with Gasteiger partial charge in [-0.1, -0.05) is 41.5 Å². The largest absolute Gasteiger partial charge is 0.490 e. The van der Waals surface area contributed by atoms with Crippen LogP contribution < -0.4 is 0 Å². The van der Waals surface area contributed by atoms with Gasteiger partial charge in [0.15, 0.2) is 11.6 Å². The third-order valence-corrected chi connectivity index (χ3v) is 10.5. The fraction of sp³-hybridized carbons (Fsp3) is 0.852.